The van der Waals surface area contributed by atoms with E-state index in [2.05, 4.69) is 21.2 Å². The molecule has 1 heterocycles. The summed E-state index contributed by atoms with van der Waals surface area (Å²) in [6.07, 6.45) is 0. The molecule has 0 aliphatic rings. The van der Waals surface area contributed by atoms with Gasteiger partial charge in [-0.15, -0.1) is 0 Å². The molecule has 1 N–H and O–H groups in total. The summed E-state index contributed by atoms with van der Waals surface area (Å²) in [5.74, 6) is -0.381. The minimum Gasteiger partial charge on any atom is -0.347 e. The highest BCUT2D eigenvalue weighted by Crippen LogP contribution is 2.23. The van der Waals surface area contributed by atoms with E-state index in [1.807, 2.05) is 48.7 Å². The molecule has 0 saturated carbocycles. The van der Waals surface area contributed by atoms with Crippen molar-refractivity contribution in [3.63, 3.8) is 0 Å². The predicted octanol–water partition coefficient (Wildman–Crippen LogP) is 2.67. The number of carbonyl (C=O) groups is 2. The maximum atomic E-state index is 12.4. The molecule has 0 bridgehead atoms. The van der Waals surface area contributed by atoms with Gasteiger partial charge in [-0.2, -0.15) is 0 Å². The number of nitrogens with one attached hydrogen (secondary N) is 1. The molecule has 6 heteroatoms. The number of halogens is 1. The molecule has 0 atom stereocenters. The average Bonchev–Trinajstić information content (AvgIpc) is 2.79. The molecule has 0 aliphatic heterocycles. The topological polar surface area (TPSA) is 54.3 Å². The van der Waals surface area contributed by atoms with Crippen molar-refractivity contribution in [1.82, 2.24) is 14.8 Å². The molecule has 0 fully saturated rings. The summed E-state index contributed by atoms with van der Waals surface area (Å²) in [4.78, 5) is 25.4. The number of hydrogen-bond donors (Lipinski definition) is 1. The number of carbonyl (C=O) groups excluding carboxylic acids is 2. The van der Waals surface area contributed by atoms with Crippen molar-refractivity contribution in [3.05, 3.63) is 51.8 Å². The van der Waals surface area contributed by atoms with Gasteiger partial charge in [0.1, 0.15) is 0 Å². The first-order valence-electron chi connectivity index (χ1n) is 7.24. The summed E-state index contributed by atoms with van der Waals surface area (Å²) in [7, 11) is 3.32. The van der Waals surface area contributed by atoms with Crippen LogP contribution in [0.25, 0.3) is 5.69 Å². The van der Waals surface area contributed by atoms with E-state index in [0.29, 0.717) is 5.56 Å². The summed E-state index contributed by atoms with van der Waals surface area (Å²) in [5, 5.41) is 2.67. The molecule has 0 unspecified atom stereocenters. The minimum absolute atomic E-state index is 0.00755. The SMILES string of the molecule is Cc1cc(C(=O)NCC(=O)N(C)C)c(C)n1-c1cccc(Br)c1. The fourth-order valence-corrected chi connectivity index (χ4v) is 2.80. The average molecular weight is 378 g/mol. The molecule has 0 radical (unpaired) electrons. The van der Waals surface area contributed by atoms with Gasteiger partial charge >= 0.3 is 0 Å². The fraction of sp³-hybridized carbons (Fsp3) is 0.294. The number of aryl methyl sites for hydroxylation is 1. The van der Waals surface area contributed by atoms with Crippen LogP contribution in [0.3, 0.4) is 0 Å². The van der Waals surface area contributed by atoms with Gasteiger partial charge < -0.3 is 14.8 Å². The predicted molar refractivity (Wildman–Crippen MR) is 94.0 cm³/mol. The third-order valence-electron chi connectivity index (χ3n) is 3.64. The zero-order chi connectivity index (χ0) is 17.1. The Hall–Kier alpha value is -2.08. The Balaban J connectivity index is 2.27. The molecule has 2 rings (SSSR count). The molecule has 5 nitrogen and oxygen atoms in total. The van der Waals surface area contributed by atoms with Gasteiger partial charge in [0.05, 0.1) is 12.1 Å². The lowest BCUT2D eigenvalue weighted by atomic mass is 10.2. The molecule has 0 saturated heterocycles. The Labute approximate surface area is 144 Å². The van der Waals surface area contributed by atoms with Crippen molar-refractivity contribution < 1.29 is 9.59 Å². The fourth-order valence-electron chi connectivity index (χ4n) is 2.41. The van der Waals surface area contributed by atoms with Gasteiger partial charge in [-0.05, 0) is 38.1 Å². The van der Waals surface area contributed by atoms with Crippen LogP contribution in [0.2, 0.25) is 0 Å². The summed E-state index contributed by atoms with van der Waals surface area (Å²) in [6.45, 7) is 3.85. The van der Waals surface area contributed by atoms with Crippen molar-refractivity contribution in [2.75, 3.05) is 20.6 Å². The molecule has 0 aliphatic carbocycles. The number of nitrogens with zero attached hydrogens (tertiary/aromatic N) is 2. The maximum Gasteiger partial charge on any atom is 0.253 e. The second-order valence-electron chi connectivity index (χ2n) is 5.57. The van der Waals surface area contributed by atoms with Crippen LogP contribution in [0.1, 0.15) is 21.7 Å². The van der Waals surface area contributed by atoms with E-state index in [4.69, 9.17) is 0 Å². The number of likely N-dealkylation sites (N-methyl/N-ethyl adjacent to an activating group) is 1. The monoisotopic (exact) mass is 377 g/mol. The van der Waals surface area contributed by atoms with Crippen LogP contribution in [0.15, 0.2) is 34.8 Å². The molecular weight excluding hydrogens is 358 g/mol. The first-order valence-corrected chi connectivity index (χ1v) is 8.03. The van der Waals surface area contributed by atoms with E-state index >= 15 is 0 Å². The van der Waals surface area contributed by atoms with Crippen LogP contribution in [0.4, 0.5) is 0 Å². The summed E-state index contributed by atoms with van der Waals surface area (Å²) in [5.41, 5.74) is 3.37. The summed E-state index contributed by atoms with van der Waals surface area (Å²) < 4.78 is 3.00. The van der Waals surface area contributed by atoms with Crippen LogP contribution in [-0.2, 0) is 4.79 Å². The van der Waals surface area contributed by atoms with E-state index in [-0.39, 0.29) is 18.4 Å². The van der Waals surface area contributed by atoms with E-state index < -0.39 is 0 Å². The van der Waals surface area contributed by atoms with E-state index in [0.717, 1.165) is 21.5 Å². The number of aromatic nitrogens is 1. The quantitative estimate of drug-likeness (QED) is 0.890. The maximum absolute atomic E-state index is 12.4. The Kier molecular flexibility index (Phi) is 5.26. The lowest BCUT2D eigenvalue weighted by molar-refractivity contribution is -0.127. The molecule has 2 aromatic rings. The minimum atomic E-state index is -0.241. The highest BCUT2D eigenvalue weighted by Gasteiger charge is 2.17. The van der Waals surface area contributed by atoms with Crippen molar-refractivity contribution >= 4 is 27.7 Å². The van der Waals surface area contributed by atoms with Gasteiger partial charge in [-0.3, -0.25) is 9.59 Å². The molecular formula is C17H20BrN3O2. The van der Waals surface area contributed by atoms with Gasteiger partial charge in [-0.25, -0.2) is 0 Å². The standard InChI is InChI=1S/C17H20BrN3O2/c1-11-8-15(17(23)19-10-16(22)20(3)4)12(2)21(11)14-7-5-6-13(18)9-14/h5-9H,10H2,1-4H3,(H,19,23). The Morgan fingerprint density at radius 1 is 1.22 bits per heavy atom. The molecule has 1 aromatic heterocycles. The van der Waals surface area contributed by atoms with E-state index in [9.17, 15) is 9.59 Å². The van der Waals surface area contributed by atoms with Crippen molar-refractivity contribution in [3.8, 4) is 5.69 Å². The lowest BCUT2D eigenvalue weighted by Gasteiger charge is -2.12. The molecule has 23 heavy (non-hydrogen) atoms. The molecule has 0 spiro atoms. The second-order valence-corrected chi connectivity index (χ2v) is 6.49. The first kappa shape index (κ1) is 17.3. The van der Waals surface area contributed by atoms with E-state index in [1.54, 1.807) is 14.1 Å². The van der Waals surface area contributed by atoms with Crippen molar-refractivity contribution in [2.45, 2.75) is 13.8 Å². The van der Waals surface area contributed by atoms with Gasteiger partial charge in [-0.1, -0.05) is 22.0 Å². The number of amides is 2. The Bertz CT molecular complexity index is 750. The number of benzene rings is 1. The summed E-state index contributed by atoms with van der Waals surface area (Å²) in [6, 6.07) is 9.73. The summed E-state index contributed by atoms with van der Waals surface area (Å²) >= 11 is 3.46. The van der Waals surface area contributed by atoms with Crippen LogP contribution in [-0.4, -0.2) is 41.9 Å². The molecule has 1 aromatic carbocycles. The zero-order valence-corrected chi connectivity index (χ0v) is 15.3. The van der Waals surface area contributed by atoms with Crippen LogP contribution in [0.5, 0.6) is 0 Å². The van der Waals surface area contributed by atoms with Crippen molar-refractivity contribution in [1.29, 1.82) is 0 Å². The van der Waals surface area contributed by atoms with Gasteiger partial charge in [0.2, 0.25) is 5.91 Å². The normalized spacial score (nSPS) is 10.5. The Morgan fingerprint density at radius 3 is 2.52 bits per heavy atom. The van der Waals surface area contributed by atoms with Crippen LogP contribution >= 0.6 is 15.9 Å². The van der Waals surface area contributed by atoms with Gasteiger partial charge in [0.25, 0.3) is 5.91 Å². The third-order valence-corrected chi connectivity index (χ3v) is 4.13. The largest absolute Gasteiger partial charge is 0.347 e. The van der Waals surface area contributed by atoms with E-state index in [1.165, 1.54) is 4.90 Å². The lowest BCUT2D eigenvalue weighted by Crippen LogP contribution is -2.36. The van der Waals surface area contributed by atoms with Crippen LogP contribution in [0, 0.1) is 13.8 Å². The molecule has 2 amide bonds. The van der Waals surface area contributed by atoms with Crippen molar-refractivity contribution in [2.24, 2.45) is 0 Å². The first-order chi connectivity index (χ1) is 10.8. The highest BCUT2D eigenvalue weighted by molar-refractivity contribution is 9.10. The molecule has 122 valence electrons. The smallest absolute Gasteiger partial charge is 0.253 e. The third kappa shape index (κ3) is 3.82. The van der Waals surface area contributed by atoms with Crippen LogP contribution < -0.4 is 5.32 Å². The highest BCUT2D eigenvalue weighted by atomic mass is 79.9. The zero-order valence-electron chi connectivity index (χ0n) is 13.7. The number of hydrogen-bond acceptors (Lipinski definition) is 2. The second kappa shape index (κ2) is 7.00. The number of rotatable bonds is 4. The van der Waals surface area contributed by atoms with Gasteiger partial charge in [0.15, 0.2) is 0 Å². The Morgan fingerprint density at radius 2 is 1.91 bits per heavy atom. The van der Waals surface area contributed by atoms with Gasteiger partial charge in [0, 0.05) is 35.6 Å².